The van der Waals surface area contributed by atoms with Crippen molar-refractivity contribution in [2.45, 2.75) is 83.1 Å². The molecule has 1 saturated heterocycles. The molecule has 31 heavy (non-hydrogen) atoms. The van der Waals surface area contributed by atoms with Crippen molar-refractivity contribution in [3.05, 3.63) is 29.6 Å². The molecule has 3 aliphatic rings. The van der Waals surface area contributed by atoms with E-state index in [2.05, 4.69) is 53.9 Å². The highest BCUT2D eigenvalue weighted by molar-refractivity contribution is 5.81. The maximum Gasteiger partial charge on any atom is 0.407 e. The van der Waals surface area contributed by atoms with E-state index in [1.54, 1.807) is 0 Å². The molecule has 1 aromatic heterocycles. The number of amides is 2. The number of rotatable bonds is 3. The smallest absolute Gasteiger partial charge is 0.407 e. The lowest BCUT2D eigenvalue weighted by Gasteiger charge is -2.53. The van der Waals surface area contributed by atoms with Gasteiger partial charge in [-0.25, -0.2) is 4.79 Å². The minimum atomic E-state index is -0.421. The lowest BCUT2D eigenvalue weighted by Crippen LogP contribution is -2.59. The van der Waals surface area contributed by atoms with Gasteiger partial charge in [-0.1, -0.05) is 26.8 Å². The number of methoxy groups -OCH3 is 1. The molecule has 4 rings (SSSR count). The Labute approximate surface area is 186 Å². The summed E-state index contributed by atoms with van der Waals surface area (Å²) in [5.74, 6) is 0.838. The van der Waals surface area contributed by atoms with Crippen molar-refractivity contribution >= 4 is 12.0 Å². The van der Waals surface area contributed by atoms with Gasteiger partial charge in [-0.3, -0.25) is 9.78 Å². The quantitative estimate of drug-likeness (QED) is 0.777. The van der Waals surface area contributed by atoms with Crippen molar-refractivity contribution in [1.82, 2.24) is 15.2 Å². The molecular weight excluding hydrogens is 390 g/mol. The number of alkyl carbamates (subject to hydrolysis) is 1. The monoisotopic (exact) mass is 427 g/mol. The minimum Gasteiger partial charge on any atom is -0.453 e. The zero-order valence-corrected chi connectivity index (χ0v) is 19.7. The molecule has 3 fully saturated rings. The molecule has 2 amide bonds. The number of aromatic nitrogens is 1. The number of carbonyl (C=O) groups is 2. The average Bonchev–Trinajstić information content (AvgIpc) is 2.69. The maximum absolute atomic E-state index is 12.9. The first-order valence-corrected chi connectivity index (χ1v) is 11.6. The van der Waals surface area contributed by atoms with Gasteiger partial charge >= 0.3 is 6.09 Å². The standard InChI is InChI=1S/C25H37N3O3/c1-23(2,3)20-8-6-7-19(26-20)17-15-25(16-17)9-11-28(12-10-25)21(29)18-13-24(4,14-18)27-22(30)31-5/h6-8,17-18H,9-16H2,1-5H3,(H,27,30). The first kappa shape index (κ1) is 22.1. The Kier molecular flexibility index (Phi) is 5.55. The van der Waals surface area contributed by atoms with Crippen LogP contribution in [0.3, 0.4) is 0 Å². The van der Waals surface area contributed by atoms with Crippen LogP contribution in [-0.4, -0.2) is 47.6 Å². The third-order valence-electron chi connectivity index (χ3n) is 7.78. The molecule has 2 aliphatic carbocycles. The predicted molar refractivity (Wildman–Crippen MR) is 120 cm³/mol. The number of nitrogens with one attached hydrogen (secondary N) is 1. The first-order valence-electron chi connectivity index (χ1n) is 11.6. The van der Waals surface area contributed by atoms with Crippen LogP contribution in [0.1, 0.15) is 83.5 Å². The molecule has 170 valence electrons. The highest BCUT2D eigenvalue weighted by Gasteiger charge is 2.50. The van der Waals surface area contributed by atoms with Gasteiger partial charge in [0, 0.05) is 47.3 Å². The zero-order chi connectivity index (χ0) is 22.4. The zero-order valence-electron chi connectivity index (χ0n) is 19.7. The Morgan fingerprint density at radius 2 is 1.77 bits per heavy atom. The highest BCUT2D eigenvalue weighted by atomic mass is 16.5. The molecular formula is C25H37N3O3. The van der Waals surface area contributed by atoms with Crippen LogP contribution in [-0.2, 0) is 14.9 Å². The number of hydrogen-bond donors (Lipinski definition) is 1. The summed E-state index contributed by atoms with van der Waals surface area (Å²) in [7, 11) is 1.37. The first-order chi connectivity index (χ1) is 14.5. The van der Waals surface area contributed by atoms with Crippen LogP contribution in [0.25, 0.3) is 0 Å². The van der Waals surface area contributed by atoms with Gasteiger partial charge in [0.05, 0.1) is 7.11 Å². The van der Waals surface area contributed by atoms with Crippen LogP contribution < -0.4 is 5.32 Å². The highest BCUT2D eigenvalue weighted by Crippen LogP contribution is 2.56. The van der Waals surface area contributed by atoms with Crippen LogP contribution in [0.4, 0.5) is 4.79 Å². The molecule has 0 atom stereocenters. The molecule has 0 aromatic carbocycles. The van der Waals surface area contributed by atoms with E-state index in [4.69, 9.17) is 4.98 Å². The summed E-state index contributed by atoms with van der Waals surface area (Å²) in [5.41, 5.74) is 2.55. The molecule has 0 bridgehead atoms. The molecule has 1 N–H and O–H groups in total. The Bertz CT molecular complexity index is 838. The number of carbonyl (C=O) groups excluding carboxylic acids is 2. The second-order valence-electron chi connectivity index (χ2n) is 11.4. The van der Waals surface area contributed by atoms with E-state index >= 15 is 0 Å². The Morgan fingerprint density at radius 3 is 2.35 bits per heavy atom. The van der Waals surface area contributed by atoms with Crippen molar-refractivity contribution in [2.75, 3.05) is 20.2 Å². The van der Waals surface area contributed by atoms with Crippen LogP contribution in [0.15, 0.2) is 18.2 Å². The second kappa shape index (κ2) is 7.79. The number of ether oxygens (including phenoxy) is 1. The van der Waals surface area contributed by atoms with Gasteiger partial charge in [-0.2, -0.15) is 0 Å². The van der Waals surface area contributed by atoms with Gasteiger partial charge in [-0.15, -0.1) is 0 Å². The number of pyridine rings is 1. The number of hydrogen-bond acceptors (Lipinski definition) is 4. The average molecular weight is 428 g/mol. The van der Waals surface area contributed by atoms with Crippen molar-refractivity contribution in [1.29, 1.82) is 0 Å². The minimum absolute atomic E-state index is 0.0229. The summed E-state index contributed by atoms with van der Waals surface area (Å²) >= 11 is 0. The van der Waals surface area contributed by atoms with Crippen LogP contribution in [0, 0.1) is 11.3 Å². The summed E-state index contributed by atoms with van der Waals surface area (Å²) < 4.78 is 4.69. The largest absolute Gasteiger partial charge is 0.453 e. The third kappa shape index (κ3) is 4.44. The maximum atomic E-state index is 12.9. The normalized spacial score (nSPS) is 27.9. The lowest BCUT2D eigenvalue weighted by atomic mass is 9.56. The molecule has 6 heteroatoms. The Morgan fingerprint density at radius 1 is 1.13 bits per heavy atom. The summed E-state index contributed by atoms with van der Waals surface area (Å²) in [6, 6.07) is 6.46. The lowest BCUT2D eigenvalue weighted by molar-refractivity contribution is -0.144. The van der Waals surface area contributed by atoms with Gasteiger partial charge in [0.15, 0.2) is 0 Å². The molecule has 0 unspecified atom stereocenters. The SMILES string of the molecule is COC(=O)NC1(C)CC(C(=O)N2CCC3(CC2)CC(c2cccc(C(C)(C)C)n2)C3)C1. The fourth-order valence-corrected chi connectivity index (χ4v) is 5.76. The fraction of sp³-hybridized carbons (Fsp3) is 0.720. The van der Waals surface area contributed by atoms with E-state index in [0.717, 1.165) is 25.9 Å². The Hall–Kier alpha value is -2.11. The van der Waals surface area contributed by atoms with Gasteiger partial charge in [-0.05, 0) is 63.0 Å². The van der Waals surface area contributed by atoms with Gasteiger partial charge in [0.25, 0.3) is 0 Å². The van der Waals surface area contributed by atoms with E-state index in [0.29, 0.717) is 24.2 Å². The van der Waals surface area contributed by atoms with Crippen molar-refractivity contribution in [3.8, 4) is 0 Å². The molecule has 1 spiro atoms. The molecule has 1 aromatic rings. The number of likely N-dealkylation sites (tertiary alicyclic amines) is 1. The molecule has 2 heterocycles. The molecule has 0 radical (unpaired) electrons. The van der Waals surface area contributed by atoms with E-state index in [1.165, 1.54) is 31.3 Å². The van der Waals surface area contributed by atoms with Crippen LogP contribution in [0.5, 0.6) is 0 Å². The predicted octanol–water partition coefficient (Wildman–Crippen LogP) is 4.39. The summed E-state index contributed by atoms with van der Waals surface area (Å²) in [4.78, 5) is 31.4. The Balaban J connectivity index is 1.26. The van der Waals surface area contributed by atoms with Crippen molar-refractivity contribution in [2.24, 2.45) is 11.3 Å². The van der Waals surface area contributed by atoms with E-state index in [-0.39, 0.29) is 22.8 Å². The van der Waals surface area contributed by atoms with E-state index in [9.17, 15) is 9.59 Å². The third-order valence-corrected chi connectivity index (χ3v) is 7.78. The van der Waals surface area contributed by atoms with Crippen LogP contribution in [0.2, 0.25) is 0 Å². The number of piperidine rings is 1. The number of nitrogens with zero attached hydrogens (tertiary/aromatic N) is 2. The molecule has 2 saturated carbocycles. The second-order valence-corrected chi connectivity index (χ2v) is 11.4. The van der Waals surface area contributed by atoms with Crippen molar-refractivity contribution < 1.29 is 14.3 Å². The van der Waals surface area contributed by atoms with Crippen molar-refractivity contribution in [3.63, 3.8) is 0 Å². The van der Waals surface area contributed by atoms with Gasteiger partial charge in [0.1, 0.15) is 0 Å². The summed E-state index contributed by atoms with van der Waals surface area (Å²) in [6.07, 6.45) is 5.55. The molecule has 6 nitrogen and oxygen atoms in total. The molecule has 1 aliphatic heterocycles. The van der Waals surface area contributed by atoms with E-state index < -0.39 is 6.09 Å². The van der Waals surface area contributed by atoms with Crippen LogP contribution >= 0.6 is 0 Å². The topological polar surface area (TPSA) is 71.5 Å². The van der Waals surface area contributed by atoms with Gasteiger partial charge in [0.2, 0.25) is 5.91 Å². The summed E-state index contributed by atoms with van der Waals surface area (Å²) in [5, 5.41) is 2.86. The fourth-order valence-electron chi connectivity index (χ4n) is 5.76. The summed E-state index contributed by atoms with van der Waals surface area (Å²) in [6.45, 7) is 10.3. The van der Waals surface area contributed by atoms with Gasteiger partial charge < -0.3 is 15.0 Å². The van der Waals surface area contributed by atoms with E-state index in [1.807, 2.05) is 6.92 Å².